The second-order valence-electron chi connectivity index (χ2n) is 8.05. The largest absolute Gasteiger partial charge is 0.493 e. The number of piperazine rings is 1. The van der Waals surface area contributed by atoms with Gasteiger partial charge in [0, 0.05) is 50.4 Å². The molecular weight excluding hydrogens is 436 g/mol. The summed E-state index contributed by atoms with van der Waals surface area (Å²) in [5, 5.41) is 1.67. The average Bonchev–Trinajstić information content (AvgIpc) is 3.33. The molecule has 1 aromatic carbocycles. The van der Waals surface area contributed by atoms with Gasteiger partial charge in [0.2, 0.25) is 5.88 Å². The lowest BCUT2D eigenvalue weighted by Crippen LogP contribution is -2.47. The summed E-state index contributed by atoms with van der Waals surface area (Å²) >= 11 is 0. The molecule has 0 spiro atoms. The van der Waals surface area contributed by atoms with Gasteiger partial charge in [0.05, 0.1) is 30.8 Å². The second-order valence-corrected chi connectivity index (χ2v) is 8.05. The topological polar surface area (TPSA) is 106 Å². The monoisotopic (exact) mass is 462 g/mol. The van der Waals surface area contributed by atoms with E-state index in [0.717, 1.165) is 50.0 Å². The minimum atomic E-state index is 0.416. The van der Waals surface area contributed by atoms with Crippen LogP contribution in [0.25, 0.3) is 21.9 Å². The SMILES string of the molecule is COc1cc2c(Oc3cnc4[nH]ccc4c3)ncnc2cc1OCCN1CCN(CC=O)CC1. The number of benzene rings is 1. The number of hydrogen-bond donors (Lipinski definition) is 1. The fourth-order valence-electron chi connectivity index (χ4n) is 4.07. The molecule has 1 aliphatic heterocycles. The van der Waals surface area contributed by atoms with Crippen LogP contribution in [0.1, 0.15) is 0 Å². The van der Waals surface area contributed by atoms with E-state index in [1.54, 1.807) is 13.3 Å². The molecule has 1 fully saturated rings. The summed E-state index contributed by atoms with van der Waals surface area (Å²) in [5.41, 5.74) is 1.49. The van der Waals surface area contributed by atoms with Gasteiger partial charge in [-0.15, -0.1) is 0 Å². The Morgan fingerprint density at radius 1 is 1.06 bits per heavy atom. The van der Waals surface area contributed by atoms with Crippen LogP contribution in [0.3, 0.4) is 0 Å². The molecule has 0 amide bonds. The molecule has 3 aromatic heterocycles. The Hall–Kier alpha value is -3.76. The zero-order valence-electron chi connectivity index (χ0n) is 18.9. The third kappa shape index (κ3) is 4.78. The van der Waals surface area contributed by atoms with Gasteiger partial charge in [-0.3, -0.25) is 9.80 Å². The fraction of sp³-hybridized carbons (Fsp3) is 0.333. The molecule has 0 radical (unpaired) electrons. The number of nitrogens with zero attached hydrogens (tertiary/aromatic N) is 5. The number of rotatable bonds is 9. The molecule has 0 atom stereocenters. The summed E-state index contributed by atoms with van der Waals surface area (Å²) in [6.45, 7) is 5.44. The minimum absolute atomic E-state index is 0.416. The van der Waals surface area contributed by atoms with E-state index in [1.807, 2.05) is 30.5 Å². The Labute approximate surface area is 196 Å². The number of fused-ring (bicyclic) bond motifs is 2. The van der Waals surface area contributed by atoms with Crippen molar-refractivity contribution in [1.29, 1.82) is 0 Å². The van der Waals surface area contributed by atoms with E-state index in [4.69, 9.17) is 14.2 Å². The normalized spacial score (nSPS) is 15.0. The molecule has 4 heterocycles. The molecule has 1 aliphatic rings. The van der Waals surface area contributed by atoms with E-state index in [0.29, 0.717) is 47.2 Å². The Morgan fingerprint density at radius 3 is 2.74 bits per heavy atom. The van der Waals surface area contributed by atoms with Gasteiger partial charge < -0.3 is 24.0 Å². The van der Waals surface area contributed by atoms with Gasteiger partial charge in [-0.2, -0.15) is 0 Å². The maximum absolute atomic E-state index is 10.7. The van der Waals surface area contributed by atoms with Gasteiger partial charge in [-0.25, -0.2) is 15.0 Å². The quantitative estimate of drug-likeness (QED) is 0.376. The number of carbonyl (C=O) groups is 1. The number of pyridine rings is 1. The summed E-state index contributed by atoms with van der Waals surface area (Å²) in [7, 11) is 1.61. The second kappa shape index (κ2) is 10.0. The van der Waals surface area contributed by atoms with Crippen molar-refractivity contribution in [1.82, 2.24) is 29.7 Å². The van der Waals surface area contributed by atoms with Crippen LogP contribution in [0.4, 0.5) is 0 Å². The van der Waals surface area contributed by atoms with E-state index in [9.17, 15) is 4.79 Å². The summed E-state index contributed by atoms with van der Waals surface area (Å²) < 4.78 is 17.7. The average molecular weight is 463 g/mol. The number of aromatic nitrogens is 4. The first-order valence-electron chi connectivity index (χ1n) is 11.2. The van der Waals surface area contributed by atoms with Crippen LogP contribution < -0.4 is 14.2 Å². The summed E-state index contributed by atoms with van der Waals surface area (Å²) in [4.78, 5) is 31.3. The molecule has 4 aromatic rings. The van der Waals surface area contributed by atoms with Crippen molar-refractivity contribution in [3.8, 4) is 23.1 Å². The maximum Gasteiger partial charge on any atom is 0.230 e. The zero-order valence-corrected chi connectivity index (χ0v) is 18.9. The lowest BCUT2D eigenvalue weighted by Gasteiger charge is -2.33. The first-order chi connectivity index (χ1) is 16.7. The van der Waals surface area contributed by atoms with Crippen molar-refractivity contribution < 1.29 is 19.0 Å². The molecule has 5 rings (SSSR count). The number of ether oxygens (including phenoxy) is 3. The van der Waals surface area contributed by atoms with E-state index in [-0.39, 0.29) is 0 Å². The number of H-pyrrole nitrogens is 1. The van der Waals surface area contributed by atoms with Crippen LogP contribution in [0.2, 0.25) is 0 Å². The highest BCUT2D eigenvalue weighted by atomic mass is 16.5. The molecule has 0 bridgehead atoms. The molecule has 1 saturated heterocycles. The van der Waals surface area contributed by atoms with Crippen molar-refractivity contribution in [2.75, 3.05) is 53.0 Å². The van der Waals surface area contributed by atoms with Crippen molar-refractivity contribution in [2.24, 2.45) is 0 Å². The Balaban J connectivity index is 1.28. The molecule has 10 heteroatoms. The van der Waals surface area contributed by atoms with E-state index >= 15 is 0 Å². The van der Waals surface area contributed by atoms with Gasteiger partial charge in [0.1, 0.15) is 30.6 Å². The highest BCUT2D eigenvalue weighted by Gasteiger charge is 2.17. The molecule has 1 N–H and O–H groups in total. The highest BCUT2D eigenvalue weighted by Crippen LogP contribution is 2.36. The van der Waals surface area contributed by atoms with Gasteiger partial charge in [0.15, 0.2) is 11.5 Å². The number of aldehydes is 1. The fourth-order valence-corrected chi connectivity index (χ4v) is 4.07. The summed E-state index contributed by atoms with van der Waals surface area (Å²) in [6, 6.07) is 7.52. The van der Waals surface area contributed by atoms with Crippen LogP contribution in [-0.4, -0.2) is 89.0 Å². The van der Waals surface area contributed by atoms with Crippen molar-refractivity contribution in [3.63, 3.8) is 0 Å². The third-order valence-electron chi connectivity index (χ3n) is 5.94. The molecule has 0 unspecified atom stereocenters. The minimum Gasteiger partial charge on any atom is -0.493 e. The maximum atomic E-state index is 10.7. The van der Waals surface area contributed by atoms with Crippen LogP contribution in [0, 0.1) is 0 Å². The van der Waals surface area contributed by atoms with Gasteiger partial charge in [-0.05, 0) is 18.2 Å². The lowest BCUT2D eigenvalue weighted by atomic mass is 10.2. The Bertz CT molecular complexity index is 1290. The van der Waals surface area contributed by atoms with Crippen molar-refractivity contribution >= 4 is 28.2 Å². The van der Waals surface area contributed by atoms with Crippen LogP contribution in [0.5, 0.6) is 23.1 Å². The highest BCUT2D eigenvalue weighted by molar-refractivity contribution is 5.87. The number of aromatic amines is 1. The van der Waals surface area contributed by atoms with Crippen molar-refractivity contribution in [3.05, 3.63) is 43.0 Å². The molecule has 34 heavy (non-hydrogen) atoms. The first-order valence-corrected chi connectivity index (χ1v) is 11.2. The number of carbonyl (C=O) groups excluding carboxylic acids is 1. The molecular formula is C24H26N6O4. The summed E-state index contributed by atoms with van der Waals surface area (Å²) in [6.07, 6.45) is 5.92. The van der Waals surface area contributed by atoms with Gasteiger partial charge >= 0.3 is 0 Å². The Kier molecular flexibility index (Phi) is 6.50. The van der Waals surface area contributed by atoms with E-state index in [2.05, 4.69) is 29.7 Å². The Morgan fingerprint density at radius 2 is 1.91 bits per heavy atom. The van der Waals surface area contributed by atoms with E-state index in [1.165, 1.54) is 6.33 Å². The van der Waals surface area contributed by atoms with Gasteiger partial charge in [-0.1, -0.05) is 0 Å². The lowest BCUT2D eigenvalue weighted by molar-refractivity contribution is -0.109. The van der Waals surface area contributed by atoms with Gasteiger partial charge in [0.25, 0.3) is 0 Å². The van der Waals surface area contributed by atoms with Crippen molar-refractivity contribution in [2.45, 2.75) is 0 Å². The first kappa shape index (κ1) is 22.1. The number of methoxy groups -OCH3 is 1. The summed E-state index contributed by atoms with van der Waals surface area (Å²) in [5.74, 6) is 2.20. The molecule has 10 nitrogen and oxygen atoms in total. The molecule has 0 aliphatic carbocycles. The predicted molar refractivity (Wildman–Crippen MR) is 127 cm³/mol. The molecule has 0 saturated carbocycles. The van der Waals surface area contributed by atoms with E-state index < -0.39 is 0 Å². The molecule has 176 valence electrons. The predicted octanol–water partition coefficient (Wildman–Crippen LogP) is 2.50. The number of nitrogens with one attached hydrogen (secondary N) is 1. The van der Waals surface area contributed by atoms with Crippen LogP contribution in [-0.2, 0) is 4.79 Å². The third-order valence-corrected chi connectivity index (χ3v) is 5.94. The standard InChI is InChI=1S/C24H26N6O4/c1-32-21-13-19-20(14-22(21)33-11-9-30-6-4-29(5-7-30)8-10-31)27-16-28-24(19)34-18-12-17-2-3-25-23(17)26-15-18/h2-3,10,12-16H,4-9,11H2,1H3,(H,25,26). The van der Waals surface area contributed by atoms with Crippen LogP contribution >= 0.6 is 0 Å². The number of hydrogen-bond acceptors (Lipinski definition) is 9. The zero-order chi connectivity index (χ0) is 23.3. The van der Waals surface area contributed by atoms with Crippen LogP contribution in [0.15, 0.2) is 43.0 Å². The smallest absolute Gasteiger partial charge is 0.230 e.